The van der Waals surface area contributed by atoms with E-state index in [0.29, 0.717) is 0 Å². The van der Waals surface area contributed by atoms with Crippen molar-refractivity contribution >= 4 is 11.6 Å². The summed E-state index contributed by atoms with van der Waals surface area (Å²) < 4.78 is 6.15. The highest BCUT2D eigenvalue weighted by Gasteiger charge is 2.33. The van der Waals surface area contributed by atoms with Crippen LogP contribution in [0.1, 0.15) is 37.4 Å². The third-order valence-electron chi connectivity index (χ3n) is 5.46. The van der Waals surface area contributed by atoms with Gasteiger partial charge in [0.1, 0.15) is 11.4 Å². The van der Waals surface area contributed by atoms with Gasteiger partial charge in [-0.3, -0.25) is 4.99 Å². The number of aliphatic imine (C=N–C) groups is 1. The molecule has 1 atom stereocenters. The van der Waals surface area contributed by atoms with Gasteiger partial charge in [0.2, 0.25) is 0 Å². The number of anilines is 1. The predicted molar refractivity (Wildman–Crippen MR) is 120 cm³/mol. The average Bonchev–Trinajstić information content (AvgIpc) is 3.25. The number of hydrogen-bond acceptors (Lipinski definition) is 3. The monoisotopic (exact) mass is 390 g/mol. The van der Waals surface area contributed by atoms with E-state index in [-0.39, 0.29) is 11.6 Å². The molecule has 0 spiro atoms. The zero-order valence-corrected chi connectivity index (χ0v) is 17.5. The first-order valence-electron chi connectivity index (χ1n) is 10.3. The number of ether oxygens (including phenoxy) is 1. The topological polar surface area (TPSA) is 48.9 Å². The molecule has 4 rings (SSSR count). The minimum Gasteiger partial charge on any atom is -0.487 e. The lowest BCUT2D eigenvalue weighted by atomic mass is 9.90. The van der Waals surface area contributed by atoms with Gasteiger partial charge >= 0.3 is 0 Å². The van der Waals surface area contributed by atoms with Crippen LogP contribution in [-0.2, 0) is 6.54 Å². The fraction of sp³-hybridized carbons (Fsp3) is 0.375. The third-order valence-corrected chi connectivity index (χ3v) is 5.46. The number of benzene rings is 2. The zero-order valence-electron chi connectivity index (χ0n) is 17.5. The molecule has 2 heterocycles. The second-order valence-corrected chi connectivity index (χ2v) is 8.27. The molecular weight excluding hydrogens is 360 g/mol. The highest BCUT2D eigenvalue weighted by Crippen LogP contribution is 2.39. The molecule has 0 bridgehead atoms. The summed E-state index contributed by atoms with van der Waals surface area (Å²) >= 11 is 0. The molecule has 29 heavy (non-hydrogen) atoms. The van der Waals surface area contributed by atoms with E-state index in [1.807, 2.05) is 19.2 Å². The van der Waals surface area contributed by atoms with Crippen molar-refractivity contribution < 1.29 is 4.74 Å². The van der Waals surface area contributed by atoms with E-state index in [9.17, 15) is 0 Å². The van der Waals surface area contributed by atoms with Gasteiger partial charge in [-0.15, -0.1) is 0 Å². The van der Waals surface area contributed by atoms with Crippen LogP contribution < -0.4 is 20.3 Å². The Morgan fingerprint density at radius 2 is 1.93 bits per heavy atom. The minimum atomic E-state index is -0.219. The number of para-hydroxylation sites is 1. The lowest BCUT2D eigenvalue weighted by molar-refractivity contribution is 0.0694. The van der Waals surface area contributed by atoms with Crippen LogP contribution >= 0.6 is 0 Å². The van der Waals surface area contributed by atoms with Crippen molar-refractivity contribution in [1.82, 2.24) is 10.6 Å². The largest absolute Gasteiger partial charge is 0.487 e. The summed E-state index contributed by atoms with van der Waals surface area (Å²) in [4.78, 5) is 6.81. The summed E-state index contributed by atoms with van der Waals surface area (Å²) in [5.74, 6) is 1.75. The summed E-state index contributed by atoms with van der Waals surface area (Å²) in [7, 11) is 1.82. The Kier molecular flexibility index (Phi) is 5.47. The molecule has 2 N–H and O–H groups in total. The summed E-state index contributed by atoms with van der Waals surface area (Å²) in [5, 5.41) is 7.07. The fourth-order valence-corrected chi connectivity index (χ4v) is 4.03. The van der Waals surface area contributed by atoms with Gasteiger partial charge in [0.15, 0.2) is 5.96 Å². The Morgan fingerprint density at radius 3 is 2.72 bits per heavy atom. The maximum atomic E-state index is 6.15. The first-order chi connectivity index (χ1) is 14.0. The molecule has 0 radical (unpaired) electrons. The van der Waals surface area contributed by atoms with Crippen molar-refractivity contribution in [3.63, 3.8) is 0 Å². The second-order valence-electron chi connectivity index (χ2n) is 8.27. The molecule has 5 heteroatoms. The van der Waals surface area contributed by atoms with Crippen LogP contribution in [0, 0.1) is 0 Å². The summed E-state index contributed by atoms with van der Waals surface area (Å²) in [6, 6.07) is 17.1. The Hall–Kier alpha value is -2.95. The van der Waals surface area contributed by atoms with Crippen LogP contribution in [0.2, 0.25) is 0 Å². The van der Waals surface area contributed by atoms with E-state index >= 15 is 0 Å². The molecular formula is C24H30N4O. The Balaban J connectivity index is 1.42. The van der Waals surface area contributed by atoms with Crippen molar-refractivity contribution in [3.05, 3.63) is 71.8 Å². The van der Waals surface area contributed by atoms with E-state index < -0.39 is 0 Å². The van der Waals surface area contributed by atoms with Crippen LogP contribution in [0.25, 0.3) is 0 Å². The fourth-order valence-electron chi connectivity index (χ4n) is 4.03. The number of fused-ring (bicyclic) bond motifs is 1. The molecule has 0 aliphatic carbocycles. The number of nitrogens with one attached hydrogen (secondary N) is 2. The lowest BCUT2D eigenvalue weighted by Crippen LogP contribution is -2.45. The third kappa shape index (κ3) is 4.56. The maximum Gasteiger partial charge on any atom is 0.191 e. The molecule has 2 aliphatic heterocycles. The van der Waals surface area contributed by atoms with Crippen LogP contribution in [0.5, 0.6) is 5.75 Å². The molecule has 0 saturated carbocycles. The zero-order chi connectivity index (χ0) is 20.3. The van der Waals surface area contributed by atoms with Gasteiger partial charge in [-0.25, -0.2) is 0 Å². The van der Waals surface area contributed by atoms with Crippen LogP contribution in [-0.4, -0.2) is 31.7 Å². The highest BCUT2D eigenvalue weighted by molar-refractivity contribution is 5.80. The van der Waals surface area contributed by atoms with Crippen LogP contribution in [0.15, 0.2) is 65.7 Å². The molecule has 5 nitrogen and oxygen atoms in total. The molecule has 2 aromatic carbocycles. The van der Waals surface area contributed by atoms with Gasteiger partial charge in [0.25, 0.3) is 0 Å². The molecule has 2 aliphatic rings. The summed E-state index contributed by atoms with van der Waals surface area (Å²) in [6.07, 6.45) is 5.30. The van der Waals surface area contributed by atoms with E-state index in [1.165, 1.54) is 16.8 Å². The van der Waals surface area contributed by atoms with Crippen molar-refractivity contribution in [2.24, 2.45) is 4.99 Å². The van der Waals surface area contributed by atoms with Crippen molar-refractivity contribution in [1.29, 1.82) is 0 Å². The van der Waals surface area contributed by atoms with Crippen molar-refractivity contribution in [3.8, 4) is 5.75 Å². The molecule has 152 valence electrons. The first kappa shape index (κ1) is 19.4. The molecule has 0 aromatic heterocycles. The predicted octanol–water partition coefficient (Wildman–Crippen LogP) is 4.03. The van der Waals surface area contributed by atoms with Gasteiger partial charge in [-0.05, 0) is 37.6 Å². The summed E-state index contributed by atoms with van der Waals surface area (Å²) in [6.45, 7) is 6.96. The van der Waals surface area contributed by atoms with Crippen LogP contribution in [0.3, 0.4) is 0 Å². The number of rotatable bonds is 4. The first-order valence-corrected chi connectivity index (χ1v) is 10.3. The highest BCUT2D eigenvalue weighted by atomic mass is 16.5. The lowest BCUT2D eigenvalue weighted by Gasteiger charge is -2.38. The number of guanidine groups is 1. The Labute approximate surface area is 173 Å². The van der Waals surface area contributed by atoms with Gasteiger partial charge < -0.3 is 20.3 Å². The average molecular weight is 391 g/mol. The van der Waals surface area contributed by atoms with E-state index in [4.69, 9.17) is 4.74 Å². The van der Waals surface area contributed by atoms with Gasteiger partial charge in [-0.2, -0.15) is 0 Å². The summed E-state index contributed by atoms with van der Waals surface area (Å²) in [5.41, 5.74) is 3.46. The Bertz CT molecular complexity index is 911. The number of nitrogens with zero attached hydrogens (tertiary/aromatic N) is 2. The van der Waals surface area contributed by atoms with E-state index in [2.05, 4.69) is 82.9 Å². The maximum absolute atomic E-state index is 6.15. The number of hydrogen-bond donors (Lipinski definition) is 2. The SMILES string of the molecule is CN=C(NCc1cccc(N2CC=CC2)c1)NC1CC(C)(C)Oc2ccccc21. The van der Waals surface area contributed by atoms with Gasteiger partial charge in [-0.1, -0.05) is 42.5 Å². The molecule has 0 amide bonds. The van der Waals surface area contributed by atoms with Gasteiger partial charge in [0, 0.05) is 44.4 Å². The molecule has 1 unspecified atom stereocenters. The molecule has 0 saturated heterocycles. The van der Waals surface area contributed by atoms with Gasteiger partial charge in [0.05, 0.1) is 6.04 Å². The Morgan fingerprint density at radius 1 is 1.14 bits per heavy atom. The van der Waals surface area contributed by atoms with Crippen molar-refractivity contribution in [2.45, 2.75) is 38.5 Å². The van der Waals surface area contributed by atoms with E-state index in [0.717, 1.165) is 37.8 Å². The minimum absolute atomic E-state index is 0.156. The standard InChI is InChI=1S/C24H30N4O/c1-24(2)16-21(20-11-4-5-12-22(20)29-24)27-23(25-3)26-17-18-9-8-10-19(15-18)28-13-6-7-14-28/h4-12,15,21H,13-14,16-17H2,1-3H3,(H2,25,26,27). The quantitative estimate of drug-likeness (QED) is 0.470. The molecule has 0 fully saturated rings. The van der Waals surface area contributed by atoms with Crippen LogP contribution in [0.4, 0.5) is 5.69 Å². The van der Waals surface area contributed by atoms with Crippen molar-refractivity contribution in [2.75, 3.05) is 25.0 Å². The smallest absolute Gasteiger partial charge is 0.191 e. The molecule has 2 aromatic rings. The second kappa shape index (κ2) is 8.19. The van der Waals surface area contributed by atoms with E-state index in [1.54, 1.807) is 0 Å². The normalized spacial score (nSPS) is 20.2.